The third kappa shape index (κ3) is 2.95. The van der Waals surface area contributed by atoms with Gasteiger partial charge in [0.25, 0.3) is 5.91 Å². The van der Waals surface area contributed by atoms with Crippen LogP contribution in [0.3, 0.4) is 0 Å². The van der Waals surface area contributed by atoms with Gasteiger partial charge in [0.2, 0.25) is 0 Å². The first kappa shape index (κ1) is 14.5. The molecule has 1 aromatic rings. The summed E-state index contributed by atoms with van der Waals surface area (Å²) in [6, 6.07) is 5.15. The van der Waals surface area contributed by atoms with E-state index in [4.69, 9.17) is 0 Å². The highest BCUT2D eigenvalue weighted by molar-refractivity contribution is 5.96. The van der Waals surface area contributed by atoms with Crippen molar-refractivity contribution < 1.29 is 9.18 Å². The maximum atomic E-state index is 13.5. The molecule has 0 spiro atoms. The van der Waals surface area contributed by atoms with Crippen LogP contribution in [0.25, 0.3) is 0 Å². The lowest BCUT2D eigenvalue weighted by Gasteiger charge is -2.39. The molecular weight excluding hydrogens is 267 g/mol. The second-order valence-electron chi connectivity index (χ2n) is 6.22. The van der Waals surface area contributed by atoms with Crippen molar-refractivity contribution in [3.05, 3.63) is 35.1 Å². The van der Waals surface area contributed by atoms with Crippen LogP contribution in [-0.4, -0.2) is 36.0 Å². The summed E-state index contributed by atoms with van der Waals surface area (Å²) in [5, 5.41) is 3.52. The van der Waals surface area contributed by atoms with Crippen molar-refractivity contribution in [3.8, 4) is 0 Å². The average Bonchev–Trinajstić information content (AvgIpc) is 3.03. The maximum absolute atomic E-state index is 13.5. The van der Waals surface area contributed by atoms with E-state index >= 15 is 0 Å². The van der Waals surface area contributed by atoms with Crippen LogP contribution in [0, 0.1) is 12.7 Å². The largest absolute Gasteiger partial charge is 0.334 e. The number of rotatable bonds is 2. The van der Waals surface area contributed by atoms with Crippen LogP contribution in [0.1, 0.15) is 48.0 Å². The highest BCUT2D eigenvalue weighted by Crippen LogP contribution is 2.26. The minimum atomic E-state index is -0.337. The Kier molecular flexibility index (Phi) is 4.24. The molecule has 2 unspecified atom stereocenters. The predicted molar refractivity (Wildman–Crippen MR) is 80.8 cm³/mol. The monoisotopic (exact) mass is 290 g/mol. The van der Waals surface area contributed by atoms with E-state index in [-0.39, 0.29) is 17.8 Å². The molecule has 2 saturated heterocycles. The van der Waals surface area contributed by atoms with E-state index in [1.54, 1.807) is 6.07 Å². The molecule has 0 aliphatic carbocycles. The fourth-order valence-electron chi connectivity index (χ4n) is 3.65. The van der Waals surface area contributed by atoms with Crippen LogP contribution < -0.4 is 5.32 Å². The third-order valence-corrected chi connectivity index (χ3v) is 4.80. The first-order chi connectivity index (χ1) is 10.2. The molecule has 2 aliphatic rings. The number of amides is 1. The number of nitrogens with zero attached hydrogens (tertiary/aromatic N) is 1. The molecule has 2 atom stereocenters. The predicted octanol–water partition coefficient (Wildman–Crippen LogP) is 2.88. The van der Waals surface area contributed by atoms with E-state index in [0.29, 0.717) is 11.6 Å². The Bertz CT molecular complexity index is 526. The van der Waals surface area contributed by atoms with Gasteiger partial charge in [0.15, 0.2) is 0 Å². The van der Waals surface area contributed by atoms with Crippen LogP contribution in [-0.2, 0) is 0 Å². The Labute approximate surface area is 125 Å². The standard InChI is InChI=1S/C17H23FN2O/c1-12-7-8-13(18)11-14(12)17(21)20-10-3-2-6-16(20)15-5-4-9-19-15/h7-8,11,15-16,19H,2-6,9-10H2,1H3. The molecule has 0 saturated carbocycles. The summed E-state index contributed by atoms with van der Waals surface area (Å²) < 4.78 is 13.5. The van der Waals surface area contributed by atoms with Gasteiger partial charge in [-0.3, -0.25) is 4.79 Å². The van der Waals surface area contributed by atoms with E-state index < -0.39 is 0 Å². The lowest BCUT2D eigenvalue weighted by atomic mass is 9.93. The maximum Gasteiger partial charge on any atom is 0.254 e. The molecular formula is C17H23FN2O. The molecule has 1 N–H and O–H groups in total. The minimum absolute atomic E-state index is 0.00889. The number of halogens is 1. The van der Waals surface area contributed by atoms with Crippen LogP contribution in [0.5, 0.6) is 0 Å². The Morgan fingerprint density at radius 2 is 2.14 bits per heavy atom. The van der Waals surface area contributed by atoms with Gasteiger partial charge in [0.05, 0.1) is 0 Å². The van der Waals surface area contributed by atoms with Gasteiger partial charge < -0.3 is 10.2 Å². The van der Waals surface area contributed by atoms with E-state index in [1.807, 2.05) is 11.8 Å². The topological polar surface area (TPSA) is 32.3 Å². The number of aryl methyl sites for hydroxylation is 1. The Hall–Kier alpha value is -1.42. The van der Waals surface area contributed by atoms with Crippen molar-refractivity contribution >= 4 is 5.91 Å². The minimum Gasteiger partial charge on any atom is -0.334 e. The second kappa shape index (κ2) is 6.14. The number of carbonyl (C=O) groups is 1. The lowest BCUT2D eigenvalue weighted by Crippen LogP contribution is -2.52. The molecule has 0 bridgehead atoms. The van der Waals surface area contributed by atoms with Gasteiger partial charge in [-0.05, 0) is 63.3 Å². The highest BCUT2D eigenvalue weighted by Gasteiger charge is 2.34. The Morgan fingerprint density at radius 1 is 1.29 bits per heavy atom. The third-order valence-electron chi connectivity index (χ3n) is 4.80. The zero-order chi connectivity index (χ0) is 14.8. The van der Waals surface area contributed by atoms with Crippen molar-refractivity contribution in [1.82, 2.24) is 10.2 Å². The molecule has 0 radical (unpaired) electrons. The molecule has 4 heteroatoms. The Balaban J connectivity index is 1.85. The summed E-state index contributed by atoms with van der Waals surface area (Å²) >= 11 is 0. The summed E-state index contributed by atoms with van der Waals surface area (Å²) in [6.07, 6.45) is 5.59. The number of nitrogens with one attached hydrogen (secondary N) is 1. The SMILES string of the molecule is Cc1ccc(F)cc1C(=O)N1CCCCC1C1CCCN1. The van der Waals surface area contributed by atoms with Crippen LogP contribution in [0.2, 0.25) is 0 Å². The molecule has 2 fully saturated rings. The fraction of sp³-hybridized carbons (Fsp3) is 0.588. The van der Waals surface area contributed by atoms with Crippen molar-refractivity contribution in [1.29, 1.82) is 0 Å². The van der Waals surface area contributed by atoms with Crippen LogP contribution in [0.15, 0.2) is 18.2 Å². The summed E-state index contributed by atoms with van der Waals surface area (Å²) in [5.74, 6) is -0.345. The summed E-state index contributed by atoms with van der Waals surface area (Å²) in [5.41, 5.74) is 1.37. The number of hydrogen-bond acceptors (Lipinski definition) is 2. The molecule has 3 nitrogen and oxygen atoms in total. The van der Waals surface area contributed by atoms with Gasteiger partial charge >= 0.3 is 0 Å². The average molecular weight is 290 g/mol. The van der Waals surface area contributed by atoms with Gasteiger partial charge in [0, 0.05) is 24.2 Å². The van der Waals surface area contributed by atoms with Gasteiger partial charge in [-0.15, -0.1) is 0 Å². The van der Waals surface area contributed by atoms with E-state index in [9.17, 15) is 9.18 Å². The summed E-state index contributed by atoms with van der Waals surface area (Å²) in [7, 11) is 0. The molecule has 1 aromatic carbocycles. The number of likely N-dealkylation sites (tertiary alicyclic amines) is 1. The van der Waals surface area contributed by atoms with E-state index in [2.05, 4.69) is 5.32 Å². The van der Waals surface area contributed by atoms with Gasteiger partial charge in [0.1, 0.15) is 5.82 Å². The van der Waals surface area contributed by atoms with Crippen molar-refractivity contribution in [2.24, 2.45) is 0 Å². The number of hydrogen-bond donors (Lipinski definition) is 1. The van der Waals surface area contributed by atoms with Crippen molar-refractivity contribution in [2.45, 2.75) is 51.1 Å². The van der Waals surface area contributed by atoms with E-state index in [0.717, 1.165) is 37.9 Å². The van der Waals surface area contributed by atoms with Crippen molar-refractivity contribution in [2.75, 3.05) is 13.1 Å². The fourth-order valence-corrected chi connectivity index (χ4v) is 3.65. The number of carbonyl (C=O) groups excluding carboxylic acids is 1. The molecule has 21 heavy (non-hydrogen) atoms. The van der Waals surface area contributed by atoms with Gasteiger partial charge in [-0.25, -0.2) is 4.39 Å². The molecule has 114 valence electrons. The van der Waals surface area contributed by atoms with Crippen LogP contribution in [0.4, 0.5) is 4.39 Å². The normalized spacial score (nSPS) is 26.1. The quantitative estimate of drug-likeness (QED) is 0.908. The smallest absolute Gasteiger partial charge is 0.254 e. The molecule has 1 amide bonds. The van der Waals surface area contributed by atoms with Crippen molar-refractivity contribution in [3.63, 3.8) is 0 Å². The summed E-state index contributed by atoms with van der Waals surface area (Å²) in [4.78, 5) is 14.9. The van der Waals surface area contributed by atoms with Gasteiger partial charge in [-0.1, -0.05) is 6.07 Å². The molecule has 2 aliphatic heterocycles. The second-order valence-corrected chi connectivity index (χ2v) is 6.22. The lowest BCUT2D eigenvalue weighted by molar-refractivity contribution is 0.0562. The zero-order valence-electron chi connectivity index (χ0n) is 12.6. The number of piperidine rings is 1. The van der Waals surface area contributed by atoms with Crippen LogP contribution >= 0.6 is 0 Å². The molecule has 0 aromatic heterocycles. The molecule has 3 rings (SSSR count). The molecule has 2 heterocycles. The summed E-state index contributed by atoms with van der Waals surface area (Å²) in [6.45, 7) is 3.71. The Morgan fingerprint density at radius 3 is 2.90 bits per heavy atom. The van der Waals surface area contributed by atoms with Gasteiger partial charge in [-0.2, -0.15) is 0 Å². The van der Waals surface area contributed by atoms with E-state index in [1.165, 1.54) is 25.0 Å². The highest BCUT2D eigenvalue weighted by atomic mass is 19.1. The first-order valence-electron chi connectivity index (χ1n) is 7.97. The zero-order valence-corrected chi connectivity index (χ0v) is 12.6. The number of benzene rings is 1. The first-order valence-corrected chi connectivity index (χ1v) is 7.97.